The van der Waals surface area contributed by atoms with Crippen molar-refractivity contribution in [2.45, 2.75) is 55.9 Å². The molecule has 3 N–H and O–H groups in total. The molecule has 0 bridgehead atoms. The molecule has 2 rings (SSSR count). The number of benzene rings is 1. The third-order valence-electron chi connectivity index (χ3n) is 4.72. The van der Waals surface area contributed by atoms with E-state index in [0.717, 1.165) is 44.2 Å². The Labute approximate surface area is 157 Å². The highest BCUT2D eigenvalue weighted by molar-refractivity contribution is 7.90. The van der Waals surface area contributed by atoms with Gasteiger partial charge in [-0.1, -0.05) is 31.4 Å². The molecule has 1 fully saturated rings. The lowest BCUT2D eigenvalue weighted by molar-refractivity contribution is 0.0131. The molecule has 0 unspecified atom stereocenters. The molecule has 26 heavy (non-hydrogen) atoms. The summed E-state index contributed by atoms with van der Waals surface area (Å²) in [5, 5.41) is 17.1. The number of sulfone groups is 1. The van der Waals surface area contributed by atoms with E-state index >= 15 is 0 Å². The summed E-state index contributed by atoms with van der Waals surface area (Å²) in [6.45, 7) is 3.87. The van der Waals surface area contributed by atoms with Gasteiger partial charge in [-0.25, -0.2) is 8.42 Å². The van der Waals surface area contributed by atoms with Crippen LogP contribution in [0.3, 0.4) is 0 Å². The molecule has 6 nitrogen and oxygen atoms in total. The van der Waals surface area contributed by atoms with Gasteiger partial charge in [0.25, 0.3) is 0 Å². The van der Waals surface area contributed by atoms with Crippen LogP contribution in [0.15, 0.2) is 34.2 Å². The van der Waals surface area contributed by atoms with E-state index in [4.69, 9.17) is 0 Å². The van der Waals surface area contributed by atoms with Crippen molar-refractivity contribution in [1.29, 1.82) is 0 Å². The van der Waals surface area contributed by atoms with Gasteiger partial charge in [0.05, 0.1) is 17.0 Å². The maximum absolute atomic E-state index is 11.5. The highest BCUT2D eigenvalue weighted by atomic mass is 32.2. The fourth-order valence-electron chi connectivity index (χ4n) is 3.16. The lowest BCUT2D eigenvalue weighted by atomic mass is 9.85. The average Bonchev–Trinajstić information content (AvgIpc) is 2.60. The van der Waals surface area contributed by atoms with Crippen molar-refractivity contribution < 1.29 is 13.5 Å². The molecule has 1 aliphatic carbocycles. The molecule has 7 heteroatoms. The first-order valence-corrected chi connectivity index (χ1v) is 11.3. The number of rotatable bonds is 7. The van der Waals surface area contributed by atoms with Gasteiger partial charge in [-0.05, 0) is 43.9 Å². The van der Waals surface area contributed by atoms with Crippen molar-refractivity contribution in [2.75, 3.05) is 25.9 Å². The highest BCUT2D eigenvalue weighted by Gasteiger charge is 2.28. The Bertz CT molecular complexity index is 693. The second kappa shape index (κ2) is 9.37. The van der Waals surface area contributed by atoms with Crippen molar-refractivity contribution in [3.63, 3.8) is 0 Å². The lowest BCUT2D eigenvalue weighted by Gasteiger charge is -2.30. The smallest absolute Gasteiger partial charge is 0.191 e. The highest BCUT2D eigenvalue weighted by Crippen LogP contribution is 2.28. The summed E-state index contributed by atoms with van der Waals surface area (Å²) in [4.78, 5) is 4.89. The van der Waals surface area contributed by atoms with Crippen LogP contribution in [0, 0.1) is 0 Å². The standard InChI is InChI=1S/C19H31N3O3S/c1-3-20-18(22-15-19(23)12-5-4-6-13-19)21-14-11-16-7-9-17(10-8-16)26(2,24)25/h7-10,23H,3-6,11-15H2,1-2H3,(H2,20,21,22). The van der Waals surface area contributed by atoms with Crippen molar-refractivity contribution in [1.82, 2.24) is 10.6 Å². The topological polar surface area (TPSA) is 90.8 Å². The molecule has 0 atom stereocenters. The summed E-state index contributed by atoms with van der Waals surface area (Å²) < 4.78 is 23.0. The largest absolute Gasteiger partial charge is 0.388 e. The maximum atomic E-state index is 11.5. The quantitative estimate of drug-likeness (QED) is 0.496. The molecule has 0 amide bonds. The van der Waals surface area contributed by atoms with Gasteiger partial charge in [0, 0.05) is 19.3 Å². The minimum absolute atomic E-state index is 0.338. The summed E-state index contributed by atoms with van der Waals surface area (Å²) >= 11 is 0. The molecule has 0 spiro atoms. The minimum Gasteiger partial charge on any atom is -0.388 e. The molecule has 1 aromatic rings. The Morgan fingerprint density at radius 2 is 1.81 bits per heavy atom. The molecule has 0 radical (unpaired) electrons. The predicted molar refractivity (Wildman–Crippen MR) is 105 cm³/mol. The zero-order valence-corrected chi connectivity index (χ0v) is 16.6. The summed E-state index contributed by atoms with van der Waals surface area (Å²) in [6.07, 6.45) is 6.95. The zero-order chi connectivity index (χ0) is 19.0. The number of aliphatic imine (C=N–C) groups is 1. The van der Waals surface area contributed by atoms with E-state index in [1.54, 1.807) is 12.1 Å². The van der Waals surface area contributed by atoms with Crippen LogP contribution in [0.25, 0.3) is 0 Å². The Kier molecular flexibility index (Phi) is 7.46. The summed E-state index contributed by atoms with van der Waals surface area (Å²) in [5.41, 5.74) is 0.397. The van der Waals surface area contributed by atoms with Crippen LogP contribution in [0.4, 0.5) is 0 Å². The van der Waals surface area contributed by atoms with Crippen LogP contribution in [-0.4, -0.2) is 51.0 Å². The van der Waals surface area contributed by atoms with Gasteiger partial charge >= 0.3 is 0 Å². The minimum atomic E-state index is -3.15. The first-order valence-electron chi connectivity index (χ1n) is 9.36. The lowest BCUT2D eigenvalue weighted by Crippen LogP contribution is -2.41. The monoisotopic (exact) mass is 381 g/mol. The van der Waals surface area contributed by atoms with Gasteiger partial charge in [0.15, 0.2) is 15.8 Å². The van der Waals surface area contributed by atoms with Gasteiger partial charge in [-0.15, -0.1) is 0 Å². The van der Waals surface area contributed by atoms with E-state index < -0.39 is 15.4 Å². The average molecular weight is 382 g/mol. The fourth-order valence-corrected chi connectivity index (χ4v) is 3.79. The predicted octanol–water partition coefficient (Wildman–Crippen LogP) is 1.88. The third kappa shape index (κ3) is 6.61. The first kappa shape index (κ1) is 20.7. The Balaban J connectivity index is 1.86. The molecule has 1 saturated carbocycles. The normalized spacial score (nSPS) is 17.7. The van der Waals surface area contributed by atoms with E-state index in [0.29, 0.717) is 23.9 Å². The molecular formula is C19H31N3O3S. The van der Waals surface area contributed by atoms with E-state index in [1.165, 1.54) is 12.7 Å². The SMILES string of the molecule is CCNC(=NCC1(O)CCCCC1)NCCc1ccc(S(C)(=O)=O)cc1. The summed E-state index contributed by atoms with van der Waals surface area (Å²) in [7, 11) is -3.15. The van der Waals surface area contributed by atoms with E-state index in [9.17, 15) is 13.5 Å². The fraction of sp³-hybridized carbons (Fsp3) is 0.632. The van der Waals surface area contributed by atoms with E-state index in [1.807, 2.05) is 19.1 Å². The van der Waals surface area contributed by atoms with Gasteiger partial charge < -0.3 is 15.7 Å². The Hall–Kier alpha value is -1.60. The van der Waals surface area contributed by atoms with Gasteiger partial charge in [0.2, 0.25) is 0 Å². The van der Waals surface area contributed by atoms with Gasteiger partial charge in [-0.3, -0.25) is 4.99 Å². The third-order valence-corrected chi connectivity index (χ3v) is 5.85. The Morgan fingerprint density at radius 3 is 2.38 bits per heavy atom. The number of aliphatic hydroxyl groups is 1. The van der Waals surface area contributed by atoms with Crippen molar-refractivity contribution in [3.8, 4) is 0 Å². The second-order valence-electron chi connectivity index (χ2n) is 7.07. The van der Waals surface area contributed by atoms with Crippen LogP contribution < -0.4 is 10.6 Å². The molecule has 0 aliphatic heterocycles. The molecule has 1 aliphatic rings. The van der Waals surface area contributed by atoms with Crippen LogP contribution in [0.1, 0.15) is 44.6 Å². The first-order chi connectivity index (χ1) is 12.3. The molecule has 1 aromatic carbocycles. The van der Waals surface area contributed by atoms with Crippen LogP contribution in [0.5, 0.6) is 0 Å². The molecule has 146 valence electrons. The van der Waals surface area contributed by atoms with Crippen LogP contribution in [-0.2, 0) is 16.3 Å². The summed E-state index contributed by atoms with van der Waals surface area (Å²) in [6, 6.07) is 6.96. The van der Waals surface area contributed by atoms with E-state index in [2.05, 4.69) is 15.6 Å². The number of hydrogen-bond donors (Lipinski definition) is 3. The van der Waals surface area contributed by atoms with Gasteiger partial charge in [0.1, 0.15) is 0 Å². The number of nitrogens with one attached hydrogen (secondary N) is 2. The van der Waals surface area contributed by atoms with Crippen molar-refractivity contribution in [3.05, 3.63) is 29.8 Å². The summed E-state index contributed by atoms with van der Waals surface area (Å²) in [5.74, 6) is 0.708. The maximum Gasteiger partial charge on any atom is 0.191 e. The van der Waals surface area contributed by atoms with Gasteiger partial charge in [-0.2, -0.15) is 0 Å². The molecule has 0 aromatic heterocycles. The second-order valence-corrected chi connectivity index (χ2v) is 9.09. The molecule has 0 saturated heterocycles. The number of hydrogen-bond acceptors (Lipinski definition) is 4. The Morgan fingerprint density at radius 1 is 1.15 bits per heavy atom. The van der Waals surface area contributed by atoms with Crippen LogP contribution >= 0.6 is 0 Å². The van der Waals surface area contributed by atoms with Crippen LogP contribution in [0.2, 0.25) is 0 Å². The molecule has 0 heterocycles. The van der Waals surface area contributed by atoms with Crippen molar-refractivity contribution in [2.24, 2.45) is 4.99 Å². The van der Waals surface area contributed by atoms with E-state index in [-0.39, 0.29) is 0 Å². The zero-order valence-electron chi connectivity index (χ0n) is 15.8. The molecular weight excluding hydrogens is 350 g/mol. The van der Waals surface area contributed by atoms with Crippen molar-refractivity contribution >= 4 is 15.8 Å². The number of nitrogens with zero attached hydrogens (tertiary/aromatic N) is 1. The number of guanidine groups is 1.